The van der Waals surface area contributed by atoms with Gasteiger partial charge in [-0.05, 0) is 35.2 Å². The SMILES string of the molecule is COC(=O)CC(C)c1ccc(NC(=O)Cc2ccc(N)c(O)c2)nc1. The minimum Gasteiger partial charge on any atom is -0.506 e. The summed E-state index contributed by atoms with van der Waals surface area (Å²) in [4.78, 5) is 27.6. The summed E-state index contributed by atoms with van der Waals surface area (Å²) in [7, 11) is 1.35. The number of aromatic hydroxyl groups is 1. The van der Waals surface area contributed by atoms with Gasteiger partial charge in [0.05, 0.1) is 25.6 Å². The topological polar surface area (TPSA) is 115 Å². The van der Waals surface area contributed by atoms with Crippen LogP contribution in [-0.4, -0.2) is 29.1 Å². The Morgan fingerprint density at radius 2 is 2.08 bits per heavy atom. The van der Waals surface area contributed by atoms with Crippen molar-refractivity contribution in [2.45, 2.75) is 25.7 Å². The summed E-state index contributed by atoms with van der Waals surface area (Å²) < 4.78 is 4.65. The average molecular weight is 343 g/mol. The van der Waals surface area contributed by atoms with E-state index in [0.29, 0.717) is 11.4 Å². The second kappa shape index (κ2) is 8.14. The third-order valence-electron chi connectivity index (χ3n) is 3.78. The molecule has 1 aromatic heterocycles. The molecule has 0 bridgehead atoms. The number of pyridine rings is 1. The molecule has 0 saturated heterocycles. The van der Waals surface area contributed by atoms with Gasteiger partial charge in [-0.25, -0.2) is 4.98 Å². The molecule has 1 unspecified atom stereocenters. The lowest BCUT2D eigenvalue weighted by atomic mass is 10.00. The molecule has 0 fully saturated rings. The number of phenolic OH excluding ortho intramolecular Hbond substituents is 1. The number of nitrogens with two attached hydrogens (primary N) is 1. The van der Waals surface area contributed by atoms with E-state index in [1.165, 1.54) is 13.2 Å². The largest absolute Gasteiger partial charge is 0.506 e. The highest BCUT2D eigenvalue weighted by Gasteiger charge is 2.12. The molecule has 2 aromatic rings. The molecule has 0 aliphatic carbocycles. The number of hydrogen-bond acceptors (Lipinski definition) is 6. The number of benzene rings is 1. The van der Waals surface area contributed by atoms with Crippen LogP contribution in [0.25, 0.3) is 0 Å². The van der Waals surface area contributed by atoms with Gasteiger partial charge in [0, 0.05) is 6.20 Å². The van der Waals surface area contributed by atoms with E-state index in [1.54, 1.807) is 24.4 Å². The highest BCUT2D eigenvalue weighted by molar-refractivity contribution is 5.91. The van der Waals surface area contributed by atoms with Crippen molar-refractivity contribution in [3.05, 3.63) is 47.7 Å². The minimum absolute atomic E-state index is 0.0255. The van der Waals surface area contributed by atoms with Gasteiger partial charge >= 0.3 is 5.97 Å². The Labute approximate surface area is 145 Å². The second-order valence-corrected chi connectivity index (χ2v) is 5.78. The van der Waals surface area contributed by atoms with E-state index in [-0.39, 0.29) is 42.1 Å². The van der Waals surface area contributed by atoms with Gasteiger partial charge in [-0.15, -0.1) is 0 Å². The molecular formula is C18H21N3O4. The van der Waals surface area contributed by atoms with Crippen LogP contribution in [0, 0.1) is 0 Å². The van der Waals surface area contributed by atoms with E-state index < -0.39 is 0 Å². The number of anilines is 2. The van der Waals surface area contributed by atoms with E-state index in [2.05, 4.69) is 15.0 Å². The first-order chi connectivity index (χ1) is 11.9. The van der Waals surface area contributed by atoms with Crippen molar-refractivity contribution in [2.75, 3.05) is 18.2 Å². The number of ether oxygens (including phenoxy) is 1. The monoisotopic (exact) mass is 343 g/mol. The lowest BCUT2D eigenvalue weighted by Gasteiger charge is -2.11. The van der Waals surface area contributed by atoms with Gasteiger partial charge in [0.1, 0.15) is 11.6 Å². The maximum atomic E-state index is 12.1. The van der Waals surface area contributed by atoms with Gasteiger partial charge in [-0.3, -0.25) is 9.59 Å². The van der Waals surface area contributed by atoms with Crippen molar-refractivity contribution in [3.63, 3.8) is 0 Å². The predicted molar refractivity (Wildman–Crippen MR) is 94.1 cm³/mol. The van der Waals surface area contributed by atoms with E-state index in [4.69, 9.17) is 5.73 Å². The number of hydrogen-bond donors (Lipinski definition) is 3. The fourth-order valence-electron chi connectivity index (χ4n) is 2.29. The molecule has 0 radical (unpaired) electrons. The van der Waals surface area contributed by atoms with Crippen LogP contribution in [-0.2, 0) is 20.7 Å². The second-order valence-electron chi connectivity index (χ2n) is 5.78. The predicted octanol–water partition coefficient (Wildman–Crippen LogP) is 2.22. The smallest absolute Gasteiger partial charge is 0.306 e. The number of rotatable bonds is 6. The van der Waals surface area contributed by atoms with Crippen molar-refractivity contribution in [2.24, 2.45) is 0 Å². The quantitative estimate of drug-likeness (QED) is 0.421. The molecule has 4 N–H and O–H groups in total. The van der Waals surface area contributed by atoms with Crippen LogP contribution in [0.4, 0.5) is 11.5 Å². The Morgan fingerprint density at radius 1 is 1.32 bits per heavy atom. The Hall–Kier alpha value is -3.09. The van der Waals surface area contributed by atoms with Crippen LogP contribution in [0.5, 0.6) is 5.75 Å². The zero-order chi connectivity index (χ0) is 18.4. The van der Waals surface area contributed by atoms with E-state index >= 15 is 0 Å². The van der Waals surface area contributed by atoms with Crippen LogP contribution in [0.3, 0.4) is 0 Å². The maximum Gasteiger partial charge on any atom is 0.306 e. The van der Waals surface area contributed by atoms with Gasteiger partial charge in [-0.1, -0.05) is 19.1 Å². The summed E-state index contributed by atoms with van der Waals surface area (Å²) in [6.45, 7) is 1.90. The number of nitrogens with zero attached hydrogens (tertiary/aromatic N) is 1. The number of carbonyl (C=O) groups excluding carboxylic acids is 2. The summed E-state index contributed by atoms with van der Waals surface area (Å²) in [5.41, 5.74) is 7.32. The van der Waals surface area contributed by atoms with E-state index in [9.17, 15) is 14.7 Å². The number of nitrogen functional groups attached to an aromatic ring is 1. The Morgan fingerprint density at radius 3 is 2.68 bits per heavy atom. The van der Waals surface area contributed by atoms with Crippen LogP contribution in [0.15, 0.2) is 36.5 Å². The zero-order valence-electron chi connectivity index (χ0n) is 14.2. The van der Waals surface area contributed by atoms with Crippen molar-refractivity contribution < 1.29 is 19.4 Å². The lowest BCUT2D eigenvalue weighted by Crippen LogP contribution is -2.15. The van der Waals surface area contributed by atoms with Crippen molar-refractivity contribution in [3.8, 4) is 5.75 Å². The summed E-state index contributed by atoms with van der Waals surface area (Å²) in [6, 6.07) is 8.18. The summed E-state index contributed by atoms with van der Waals surface area (Å²) in [5.74, 6) is -0.197. The number of methoxy groups -OCH3 is 1. The summed E-state index contributed by atoms with van der Waals surface area (Å²) in [6.07, 6.45) is 1.98. The molecule has 0 spiro atoms. The van der Waals surface area contributed by atoms with Gasteiger partial charge < -0.3 is 20.9 Å². The van der Waals surface area contributed by atoms with E-state index in [0.717, 1.165) is 5.56 Å². The van der Waals surface area contributed by atoms with Gasteiger partial charge in [0.25, 0.3) is 0 Å². The molecule has 7 nitrogen and oxygen atoms in total. The molecule has 1 atom stereocenters. The Balaban J connectivity index is 1.94. The lowest BCUT2D eigenvalue weighted by molar-refractivity contribution is -0.141. The fourth-order valence-corrected chi connectivity index (χ4v) is 2.29. The molecule has 132 valence electrons. The van der Waals surface area contributed by atoms with Gasteiger partial charge in [0.15, 0.2) is 0 Å². The summed E-state index contributed by atoms with van der Waals surface area (Å²) in [5, 5.41) is 12.3. The number of nitrogens with one attached hydrogen (secondary N) is 1. The first-order valence-electron chi connectivity index (χ1n) is 7.79. The standard InChI is InChI=1S/C18H21N3O4/c1-11(7-18(24)25-2)13-4-6-16(20-10-13)21-17(23)9-12-3-5-14(19)15(22)8-12/h3-6,8,10-11,22H,7,9,19H2,1-2H3,(H,20,21,23). The first-order valence-corrected chi connectivity index (χ1v) is 7.79. The molecule has 7 heteroatoms. The van der Waals surface area contributed by atoms with Crippen LogP contribution in [0.1, 0.15) is 30.4 Å². The highest BCUT2D eigenvalue weighted by atomic mass is 16.5. The molecule has 1 aromatic carbocycles. The molecule has 0 aliphatic heterocycles. The maximum absolute atomic E-state index is 12.1. The normalized spacial score (nSPS) is 11.6. The molecule has 1 amide bonds. The fraction of sp³-hybridized carbons (Fsp3) is 0.278. The zero-order valence-corrected chi connectivity index (χ0v) is 14.2. The molecular weight excluding hydrogens is 322 g/mol. The summed E-state index contributed by atoms with van der Waals surface area (Å²) >= 11 is 0. The third-order valence-corrected chi connectivity index (χ3v) is 3.78. The Kier molecular flexibility index (Phi) is 5.94. The number of esters is 1. The molecule has 25 heavy (non-hydrogen) atoms. The number of aromatic nitrogens is 1. The molecule has 1 heterocycles. The Bertz CT molecular complexity index is 759. The third kappa shape index (κ3) is 5.20. The molecule has 0 aliphatic rings. The van der Waals surface area contributed by atoms with Crippen molar-refractivity contribution >= 4 is 23.4 Å². The van der Waals surface area contributed by atoms with Gasteiger partial charge in [-0.2, -0.15) is 0 Å². The van der Waals surface area contributed by atoms with Crippen LogP contribution < -0.4 is 11.1 Å². The minimum atomic E-state index is -0.281. The number of carbonyl (C=O) groups is 2. The number of amides is 1. The van der Waals surface area contributed by atoms with Crippen LogP contribution in [0.2, 0.25) is 0 Å². The van der Waals surface area contributed by atoms with E-state index in [1.807, 2.05) is 13.0 Å². The number of phenols is 1. The van der Waals surface area contributed by atoms with Crippen LogP contribution >= 0.6 is 0 Å². The van der Waals surface area contributed by atoms with Crippen molar-refractivity contribution in [1.82, 2.24) is 4.98 Å². The van der Waals surface area contributed by atoms with Crippen molar-refractivity contribution in [1.29, 1.82) is 0 Å². The average Bonchev–Trinajstić information content (AvgIpc) is 2.58. The highest BCUT2D eigenvalue weighted by Crippen LogP contribution is 2.22. The van der Waals surface area contributed by atoms with Gasteiger partial charge in [0.2, 0.25) is 5.91 Å². The molecule has 0 saturated carbocycles. The first kappa shape index (κ1) is 18.3. The molecule has 2 rings (SSSR count).